The van der Waals surface area contributed by atoms with Gasteiger partial charge in [-0.1, -0.05) is 93.2 Å². The summed E-state index contributed by atoms with van der Waals surface area (Å²) in [5, 5.41) is 10.8. The van der Waals surface area contributed by atoms with Crippen molar-refractivity contribution in [3.63, 3.8) is 0 Å². The minimum Gasteiger partial charge on any atom is -0.391 e. The first kappa shape index (κ1) is 21.7. The van der Waals surface area contributed by atoms with E-state index in [2.05, 4.69) is 29.2 Å². The van der Waals surface area contributed by atoms with E-state index >= 15 is 0 Å². The molecule has 0 aliphatic heterocycles. The van der Waals surface area contributed by atoms with Crippen molar-refractivity contribution in [3.8, 4) is 0 Å². The number of carbonyl (C=O) groups excluding carboxylic acids is 1. The third-order valence-corrected chi connectivity index (χ3v) is 5.39. The van der Waals surface area contributed by atoms with E-state index in [1.54, 1.807) is 0 Å². The zero-order valence-corrected chi connectivity index (χ0v) is 17.6. The number of carbonyl (C=O) groups is 1. The van der Waals surface area contributed by atoms with E-state index in [0.717, 1.165) is 13.1 Å². The summed E-state index contributed by atoms with van der Waals surface area (Å²) in [5.41, 5.74) is 2.39. The zero-order chi connectivity index (χ0) is 19.9. The van der Waals surface area contributed by atoms with Crippen LogP contribution in [-0.2, 0) is 17.9 Å². The van der Waals surface area contributed by atoms with Gasteiger partial charge in [-0.3, -0.25) is 9.69 Å². The van der Waals surface area contributed by atoms with Crippen LogP contribution in [0.3, 0.4) is 0 Å². The van der Waals surface area contributed by atoms with Crippen LogP contribution < -0.4 is 0 Å². The minimum atomic E-state index is -0.695. The summed E-state index contributed by atoms with van der Waals surface area (Å²) in [6.07, 6.45) is -0.525. The van der Waals surface area contributed by atoms with Crippen molar-refractivity contribution >= 4 is 16.9 Å². The highest BCUT2D eigenvalue weighted by Gasteiger charge is 2.26. The maximum Gasteiger partial charge on any atom is 0.192 e. The lowest BCUT2D eigenvalue weighted by Crippen LogP contribution is -2.41. The van der Waals surface area contributed by atoms with E-state index in [1.807, 2.05) is 64.1 Å². The number of hydrogen-bond donors (Lipinski definition) is 1. The molecule has 27 heavy (non-hydrogen) atoms. The normalized spacial score (nSPS) is 14.1. The van der Waals surface area contributed by atoms with E-state index in [0.29, 0.717) is 0 Å². The summed E-state index contributed by atoms with van der Waals surface area (Å²) in [6, 6.07) is 20.4. The predicted octanol–water partition coefficient (Wildman–Crippen LogP) is 4.89. The Balaban J connectivity index is 2.09. The van der Waals surface area contributed by atoms with Crippen molar-refractivity contribution in [2.45, 2.75) is 64.1 Å². The smallest absolute Gasteiger partial charge is 0.192 e. The maximum atomic E-state index is 12.3. The Labute approximate surface area is 167 Å². The standard InChI is InChI=1S/C23H31NO2S/c1-18(21(25)15-22(26)27-23(2,3)4)24(16-19-11-7-5-8-12-19)17-20-13-9-6-10-14-20/h5-14,18,21,25H,15-17H2,1-4H3/t18-,21+/m0/s1. The molecule has 0 spiro atoms. The van der Waals surface area contributed by atoms with Gasteiger partial charge in [0.2, 0.25) is 0 Å². The van der Waals surface area contributed by atoms with Gasteiger partial charge in [0.25, 0.3) is 0 Å². The van der Waals surface area contributed by atoms with Gasteiger partial charge in [0.15, 0.2) is 5.12 Å². The molecule has 1 N–H and O–H groups in total. The van der Waals surface area contributed by atoms with Gasteiger partial charge in [-0.15, -0.1) is 0 Å². The summed E-state index contributed by atoms with van der Waals surface area (Å²) >= 11 is 1.30. The fraction of sp³-hybridized carbons (Fsp3) is 0.435. The van der Waals surface area contributed by atoms with Crippen molar-refractivity contribution in [2.24, 2.45) is 0 Å². The molecule has 0 amide bonds. The Bertz CT molecular complexity index is 656. The molecule has 4 heteroatoms. The van der Waals surface area contributed by atoms with Crippen molar-refractivity contribution in [2.75, 3.05) is 0 Å². The average molecular weight is 386 g/mol. The molecule has 0 aliphatic carbocycles. The van der Waals surface area contributed by atoms with E-state index in [1.165, 1.54) is 22.9 Å². The molecule has 2 atom stereocenters. The van der Waals surface area contributed by atoms with Crippen molar-refractivity contribution < 1.29 is 9.90 Å². The molecular weight excluding hydrogens is 354 g/mol. The van der Waals surface area contributed by atoms with Crippen LogP contribution in [0.1, 0.15) is 45.2 Å². The zero-order valence-electron chi connectivity index (χ0n) is 16.8. The molecule has 0 heterocycles. The van der Waals surface area contributed by atoms with Crippen LogP contribution in [0.15, 0.2) is 60.7 Å². The van der Waals surface area contributed by atoms with Crippen LogP contribution in [0, 0.1) is 0 Å². The molecule has 0 unspecified atom stereocenters. The summed E-state index contributed by atoms with van der Waals surface area (Å²) in [7, 11) is 0. The highest BCUT2D eigenvalue weighted by atomic mass is 32.2. The summed E-state index contributed by atoms with van der Waals surface area (Å²) in [6.45, 7) is 9.52. The molecule has 2 aromatic carbocycles. The maximum absolute atomic E-state index is 12.3. The van der Waals surface area contributed by atoms with Crippen LogP contribution in [0.2, 0.25) is 0 Å². The Morgan fingerprint density at radius 1 is 0.963 bits per heavy atom. The van der Waals surface area contributed by atoms with Gasteiger partial charge in [0, 0.05) is 30.3 Å². The van der Waals surface area contributed by atoms with Gasteiger partial charge in [0.1, 0.15) is 0 Å². The molecule has 2 rings (SSSR count). The Kier molecular flexibility index (Phi) is 8.08. The number of hydrogen-bond acceptors (Lipinski definition) is 4. The minimum absolute atomic E-state index is 0.0428. The highest BCUT2D eigenvalue weighted by Crippen LogP contribution is 2.27. The number of benzene rings is 2. The van der Waals surface area contributed by atoms with Gasteiger partial charge in [-0.25, -0.2) is 0 Å². The second-order valence-electron chi connectivity index (χ2n) is 7.97. The van der Waals surface area contributed by atoms with Gasteiger partial charge < -0.3 is 5.11 Å². The first-order valence-electron chi connectivity index (χ1n) is 9.46. The Morgan fingerprint density at radius 3 is 1.81 bits per heavy atom. The molecule has 0 radical (unpaired) electrons. The summed E-state index contributed by atoms with van der Waals surface area (Å²) in [4.78, 5) is 14.5. The number of nitrogens with zero attached hydrogens (tertiary/aromatic N) is 1. The third-order valence-electron chi connectivity index (χ3n) is 4.39. The molecular formula is C23H31NO2S. The molecule has 3 nitrogen and oxygen atoms in total. The van der Waals surface area contributed by atoms with Crippen molar-refractivity contribution in [3.05, 3.63) is 71.8 Å². The quantitative estimate of drug-likeness (QED) is 0.703. The second-order valence-corrected chi connectivity index (χ2v) is 9.86. The number of aliphatic hydroxyl groups is 1. The number of rotatable bonds is 8. The molecule has 0 fully saturated rings. The summed E-state index contributed by atoms with van der Waals surface area (Å²) < 4.78 is -0.131. The monoisotopic (exact) mass is 385 g/mol. The third kappa shape index (κ3) is 7.87. The van der Waals surface area contributed by atoms with Crippen LogP contribution in [0.4, 0.5) is 0 Å². The highest BCUT2D eigenvalue weighted by molar-refractivity contribution is 8.14. The van der Waals surface area contributed by atoms with Crippen LogP contribution in [0.5, 0.6) is 0 Å². The van der Waals surface area contributed by atoms with Gasteiger partial charge >= 0.3 is 0 Å². The largest absolute Gasteiger partial charge is 0.391 e. The van der Waals surface area contributed by atoms with Crippen molar-refractivity contribution in [1.82, 2.24) is 4.90 Å². The fourth-order valence-corrected chi connectivity index (χ4v) is 3.88. The van der Waals surface area contributed by atoms with E-state index in [9.17, 15) is 9.90 Å². The van der Waals surface area contributed by atoms with Crippen LogP contribution in [-0.4, -0.2) is 32.0 Å². The van der Waals surface area contributed by atoms with Crippen LogP contribution >= 0.6 is 11.8 Å². The molecule has 0 aliphatic rings. The van der Waals surface area contributed by atoms with Gasteiger partial charge in [-0.05, 0) is 18.1 Å². The second kappa shape index (κ2) is 10.1. The lowest BCUT2D eigenvalue weighted by atomic mass is 10.1. The topological polar surface area (TPSA) is 40.5 Å². The van der Waals surface area contributed by atoms with E-state index < -0.39 is 6.10 Å². The molecule has 0 saturated heterocycles. The molecule has 146 valence electrons. The van der Waals surface area contributed by atoms with E-state index in [4.69, 9.17) is 0 Å². The first-order valence-corrected chi connectivity index (χ1v) is 10.3. The Morgan fingerprint density at radius 2 is 1.41 bits per heavy atom. The Hall–Kier alpha value is -1.62. The van der Waals surface area contributed by atoms with Crippen LogP contribution in [0.25, 0.3) is 0 Å². The van der Waals surface area contributed by atoms with E-state index in [-0.39, 0.29) is 22.3 Å². The lowest BCUT2D eigenvalue weighted by Gasteiger charge is -2.32. The fourth-order valence-electron chi connectivity index (χ4n) is 2.95. The van der Waals surface area contributed by atoms with Gasteiger partial charge in [0.05, 0.1) is 6.10 Å². The average Bonchev–Trinajstić information content (AvgIpc) is 2.60. The van der Waals surface area contributed by atoms with Crippen molar-refractivity contribution in [1.29, 1.82) is 0 Å². The molecule has 0 bridgehead atoms. The summed E-state index contributed by atoms with van der Waals surface area (Å²) in [5.74, 6) is 0. The first-order chi connectivity index (χ1) is 12.7. The SMILES string of the molecule is C[C@@H]([C@H](O)CC(=O)SC(C)(C)C)N(Cc1ccccc1)Cc1ccccc1. The molecule has 0 saturated carbocycles. The predicted molar refractivity (Wildman–Crippen MR) is 115 cm³/mol. The number of aliphatic hydroxyl groups excluding tert-OH is 1. The van der Waals surface area contributed by atoms with Gasteiger partial charge in [-0.2, -0.15) is 0 Å². The molecule has 2 aromatic rings. The lowest BCUT2D eigenvalue weighted by molar-refractivity contribution is -0.113. The number of thioether (sulfide) groups is 1. The molecule has 0 aromatic heterocycles.